The molecule has 0 aromatic carbocycles. The molecule has 3 rings (SSSR count). The molecular weight excluding hydrogens is 264 g/mol. The number of hydrogen-bond donors (Lipinski definition) is 1. The standard InChI is InChI=1S/C12H14N4O4/c17-12(9-1-4-14-19-9)13-7-10-15-11(16-20-10)8-2-5-18-6-3-8/h1,4,8H,2-3,5-7H2,(H,13,17). The predicted octanol–water partition coefficient (Wildman–Crippen LogP) is 0.882. The molecule has 0 bridgehead atoms. The van der Waals surface area contributed by atoms with Gasteiger partial charge in [-0.25, -0.2) is 0 Å². The molecule has 0 atom stereocenters. The third-order valence-electron chi connectivity index (χ3n) is 3.13. The van der Waals surface area contributed by atoms with E-state index in [9.17, 15) is 4.79 Å². The molecule has 1 aliphatic rings. The highest BCUT2D eigenvalue weighted by molar-refractivity contribution is 5.91. The molecule has 20 heavy (non-hydrogen) atoms. The summed E-state index contributed by atoms with van der Waals surface area (Å²) in [7, 11) is 0. The van der Waals surface area contributed by atoms with E-state index >= 15 is 0 Å². The van der Waals surface area contributed by atoms with Gasteiger partial charge < -0.3 is 19.1 Å². The first-order valence-corrected chi connectivity index (χ1v) is 6.42. The van der Waals surface area contributed by atoms with Crippen LogP contribution in [0.5, 0.6) is 0 Å². The van der Waals surface area contributed by atoms with Crippen LogP contribution < -0.4 is 5.32 Å². The van der Waals surface area contributed by atoms with Crippen molar-refractivity contribution >= 4 is 5.91 Å². The van der Waals surface area contributed by atoms with E-state index in [0.717, 1.165) is 26.1 Å². The SMILES string of the molecule is O=C(NCc1nc(C2CCOCC2)no1)c1ccno1. The molecular formula is C12H14N4O4. The van der Waals surface area contributed by atoms with Crippen LogP contribution in [0.4, 0.5) is 0 Å². The highest BCUT2D eigenvalue weighted by Gasteiger charge is 2.21. The molecule has 1 aliphatic heterocycles. The summed E-state index contributed by atoms with van der Waals surface area (Å²) >= 11 is 0. The van der Waals surface area contributed by atoms with E-state index in [1.54, 1.807) is 0 Å². The van der Waals surface area contributed by atoms with E-state index in [2.05, 4.69) is 20.6 Å². The van der Waals surface area contributed by atoms with Crippen molar-refractivity contribution in [1.29, 1.82) is 0 Å². The second kappa shape index (κ2) is 5.83. The van der Waals surface area contributed by atoms with Gasteiger partial charge in [0.05, 0.1) is 12.7 Å². The fraction of sp³-hybridized carbons (Fsp3) is 0.500. The van der Waals surface area contributed by atoms with Gasteiger partial charge in [-0.1, -0.05) is 10.3 Å². The van der Waals surface area contributed by atoms with Crippen LogP contribution in [0.15, 0.2) is 21.3 Å². The van der Waals surface area contributed by atoms with E-state index in [1.165, 1.54) is 12.3 Å². The summed E-state index contributed by atoms with van der Waals surface area (Å²) < 4.78 is 15.2. The lowest BCUT2D eigenvalue weighted by Gasteiger charge is -2.18. The summed E-state index contributed by atoms with van der Waals surface area (Å²) in [6, 6.07) is 1.48. The molecule has 0 spiro atoms. The lowest BCUT2D eigenvalue weighted by molar-refractivity contribution is 0.0830. The van der Waals surface area contributed by atoms with E-state index < -0.39 is 0 Å². The van der Waals surface area contributed by atoms with Gasteiger partial charge >= 0.3 is 0 Å². The van der Waals surface area contributed by atoms with Gasteiger partial charge in [-0.05, 0) is 12.8 Å². The quantitative estimate of drug-likeness (QED) is 0.885. The van der Waals surface area contributed by atoms with Crippen LogP contribution in [0.25, 0.3) is 0 Å². The minimum atomic E-state index is -0.367. The van der Waals surface area contributed by atoms with Crippen molar-refractivity contribution in [1.82, 2.24) is 20.6 Å². The van der Waals surface area contributed by atoms with Gasteiger partial charge in [-0.2, -0.15) is 4.98 Å². The van der Waals surface area contributed by atoms with Crippen molar-refractivity contribution in [2.75, 3.05) is 13.2 Å². The van der Waals surface area contributed by atoms with Crippen LogP contribution in [-0.2, 0) is 11.3 Å². The summed E-state index contributed by atoms with van der Waals surface area (Å²) in [5, 5.41) is 10.0. The molecule has 0 aliphatic carbocycles. The Bertz CT molecular complexity index is 560. The second-order valence-corrected chi connectivity index (χ2v) is 4.49. The maximum absolute atomic E-state index is 11.6. The number of carbonyl (C=O) groups is 1. The molecule has 1 saturated heterocycles. The zero-order valence-corrected chi connectivity index (χ0v) is 10.7. The van der Waals surface area contributed by atoms with Crippen molar-refractivity contribution in [3.8, 4) is 0 Å². The van der Waals surface area contributed by atoms with Gasteiger partial charge in [0.1, 0.15) is 0 Å². The molecule has 8 heteroatoms. The molecule has 0 saturated carbocycles. The summed E-state index contributed by atoms with van der Waals surface area (Å²) in [5.41, 5.74) is 0. The van der Waals surface area contributed by atoms with E-state index in [4.69, 9.17) is 13.8 Å². The number of rotatable bonds is 4. The molecule has 1 N–H and O–H groups in total. The maximum Gasteiger partial charge on any atom is 0.290 e. The first-order chi connectivity index (χ1) is 9.83. The van der Waals surface area contributed by atoms with Crippen molar-refractivity contribution in [2.24, 2.45) is 0 Å². The topological polar surface area (TPSA) is 103 Å². The third-order valence-corrected chi connectivity index (χ3v) is 3.13. The van der Waals surface area contributed by atoms with E-state index in [-0.39, 0.29) is 24.1 Å². The van der Waals surface area contributed by atoms with Gasteiger partial charge in [-0.15, -0.1) is 0 Å². The predicted molar refractivity (Wildman–Crippen MR) is 64.8 cm³/mol. The Kier molecular flexibility index (Phi) is 3.73. The van der Waals surface area contributed by atoms with Gasteiger partial charge in [-0.3, -0.25) is 4.79 Å². The Labute approximate surface area is 114 Å². The van der Waals surface area contributed by atoms with Gasteiger partial charge in [0.15, 0.2) is 5.82 Å². The first-order valence-electron chi connectivity index (χ1n) is 6.42. The van der Waals surface area contributed by atoms with Crippen LogP contribution in [0, 0.1) is 0 Å². The van der Waals surface area contributed by atoms with Crippen molar-refractivity contribution < 1.29 is 18.6 Å². The molecule has 1 amide bonds. The fourth-order valence-electron chi connectivity index (χ4n) is 2.04. The number of nitrogens with one attached hydrogen (secondary N) is 1. The molecule has 2 aromatic heterocycles. The largest absolute Gasteiger partial charge is 0.381 e. The van der Waals surface area contributed by atoms with Crippen molar-refractivity contribution in [3.63, 3.8) is 0 Å². The number of aromatic nitrogens is 3. The summed E-state index contributed by atoms with van der Waals surface area (Å²) in [5.74, 6) is 1.10. The van der Waals surface area contributed by atoms with E-state index in [0.29, 0.717) is 11.7 Å². The molecule has 2 aromatic rings. The number of nitrogens with zero attached hydrogens (tertiary/aromatic N) is 3. The molecule has 0 radical (unpaired) electrons. The van der Waals surface area contributed by atoms with E-state index in [1.807, 2.05) is 0 Å². The number of carbonyl (C=O) groups excluding carboxylic acids is 1. The lowest BCUT2D eigenvalue weighted by Crippen LogP contribution is -2.22. The smallest absolute Gasteiger partial charge is 0.290 e. The van der Waals surface area contributed by atoms with Crippen LogP contribution in [0.2, 0.25) is 0 Å². The minimum Gasteiger partial charge on any atom is -0.381 e. The minimum absolute atomic E-state index is 0.147. The van der Waals surface area contributed by atoms with Crippen LogP contribution in [0.1, 0.15) is 41.0 Å². The Balaban J connectivity index is 1.56. The van der Waals surface area contributed by atoms with Crippen LogP contribution >= 0.6 is 0 Å². The number of amides is 1. The maximum atomic E-state index is 11.6. The van der Waals surface area contributed by atoms with Gasteiger partial charge in [0, 0.05) is 25.2 Å². The Morgan fingerprint density at radius 2 is 2.20 bits per heavy atom. The molecule has 1 fully saturated rings. The monoisotopic (exact) mass is 278 g/mol. The molecule has 3 heterocycles. The zero-order chi connectivity index (χ0) is 13.8. The highest BCUT2D eigenvalue weighted by atomic mass is 16.5. The Morgan fingerprint density at radius 1 is 1.35 bits per heavy atom. The number of ether oxygens (including phenoxy) is 1. The Hall–Kier alpha value is -2.22. The van der Waals surface area contributed by atoms with Crippen LogP contribution in [-0.4, -0.2) is 34.4 Å². The molecule has 0 unspecified atom stereocenters. The van der Waals surface area contributed by atoms with Gasteiger partial charge in [0.2, 0.25) is 11.7 Å². The van der Waals surface area contributed by atoms with Crippen molar-refractivity contribution in [3.05, 3.63) is 29.7 Å². The van der Waals surface area contributed by atoms with Gasteiger partial charge in [0.25, 0.3) is 5.91 Å². The van der Waals surface area contributed by atoms with Crippen LogP contribution in [0.3, 0.4) is 0 Å². The first kappa shape index (κ1) is 12.8. The Morgan fingerprint density at radius 3 is 2.95 bits per heavy atom. The summed E-state index contributed by atoms with van der Waals surface area (Å²) in [6.45, 7) is 1.60. The highest BCUT2D eigenvalue weighted by Crippen LogP contribution is 2.24. The second-order valence-electron chi connectivity index (χ2n) is 4.49. The molecule has 106 valence electrons. The lowest BCUT2D eigenvalue weighted by atomic mass is 10.00. The third kappa shape index (κ3) is 2.85. The molecule has 8 nitrogen and oxygen atoms in total. The summed E-state index contributed by atoms with van der Waals surface area (Å²) in [4.78, 5) is 15.9. The number of hydrogen-bond acceptors (Lipinski definition) is 7. The van der Waals surface area contributed by atoms with Crippen molar-refractivity contribution in [2.45, 2.75) is 25.3 Å². The fourth-order valence-corrected chi connectivity index (χ4v) is 2.04. The summed E-state index contributed by atoms with van der Waals surface area (Å²) in [6.07, 6.45) is 3.19. The zero-order valence-electron chi connectivity index (χ0n) is 10.7. The average Bonchev–Trinajstić information content (AvgIpc) is 3.17. The normalized spacial score (nSPS) is 16.2. The average molecular weight is 278 g/mol.